The molecule has 0 rings (SSSR count). The average Bonchev–Trinajstić information content (AvgIpc) is 2.62. The summed E-state index contributed by atoms with van der Waals surface area (Å²) in [6.07, 6.45) is -1.87. The molecule has 9 N–H and O–H groups in total. The summed E-state index contributed by atoms with van der Waals surface area (Å²) >= 11 is 0. The highest BCUT2D eigenvalue weighted by atomic mass is 16.4. The Morgan fingerprint density at radius 3 is 1.40 bits per heavy atom. The van der Waals surface area contributed by atoms with Gasteiger partial charge in [-0.25, -0.2) is 4.79 Å². The third kappa shape index (κ3) is 9.29. The van der Waals surface area contributed by atoms with E-state index in [1.165, 1.54) is 0 Å². The molecule has 14 nitrogen and oxygen atoms in total. The van der Waals surface area contributed by atoms with E-state index in [1.807, 2.05) is 10.6 Å². The lowest BCUT2D eigenvalue weighted by atomic mass is 10.0. The zero-order valence-electron chi connectivity index (χ0n) is 16.3. The largest absolute Gasteiger partial charge is 0.481 e. The molecule has 0 heterocycles. The molecule has 0 aliphatic rings. The van der Waals surface area contributed by atoms with Crippen LogP contribution in [-0.4, -0.2) is 86.8 Å². The van der Waals surface area contributed by atoms with E-state index in [-0.39, 0.29) is 5.92 Å². The first-order valence-corrected chi connectivity index (χ1v) is 8.74. The molecule has 0 aromatic carbocycles. The number of nitrogens with two attached hydrogens (primary N) is 1. The van der Waals surface area contributed by atoms with Crippen molar-refractivity contribution >= 4 is 35.6 Å². The van der Waals surface area contributed by atoms with Gasteiger partial charge in [-0.15, -0.1) is 0 Å². The summed E-state index contributed by atoms with van der Waals surface area (Å²) in [5.41, 5.74) is 5.64. The van der Waals surface area contributed by atoms with Crippen LogP contribution in [-0.2, 0) is 28.8 Å². The van der Waals surface area contributed by atoms with E-state index in [4.69, 9.17) is 26.2 Å². The molecule has 4 unspecified atom stereocenters. The Morgan fingerprint density at radius 2 is 1.10 bits per heavy atom. The van der Waals surface area contributed by atoms with Gasteiger partial charge in [0.15, 0.2) is 0 Å². The first kappa shape index (κ1) is 26.7. The maximum absolute atomic E-state index is 12.4. The lowest BCUT2D eigenvalue weighted by Gasteiger charge is -2.24. The minimum absolute atomic E-state index is 0.337. The normalized spacial score (nSPS) is 14.7. The zero-order valence-corrected chi connectivity index (χ0v) is 16.3. The van der Waals surface area contributed by atoms with Crippen molar-refractivity contribution in [1.29, 1.82) is 0 Å². The van der Waals surface area contributed by atoms with Gasteiger partial charge in [0.2, 0.25) is 17.7 Å². The van der Waals surface area contributed by atoms with E-state index in [0.29, 0.717) is 0 Å². The van der Waals surface area contributed by atoms with Crippen molar-refractivity contribution < 1.29 is 49.2 Å². The summed E-state index contributed by atoms with van der Waals surface area (Å²) in [5, 5.41) is 41.6. The maximum atomic E-state index is 12.4. The fraction of sp³-hybridized carbons (Fsp3) is 0.625. The van der Waals surface area contributed by atoms with Gasteiger partial charge in [0, 0.05) is 0 Å². The van der Waals surface area contributed by atoms with Crippen LogP contribution in [0.2, 0.25) is 0 Å². The maximum Gasteiger partial charge on any atom is 0.328 e. The standard InChI is InChI=1S/C16H26N4O10/c1-6(2)12(17)15(28)19-8(4-11(24)25)13(26)18-7(3-10(22)23)14(27)20-9(5-21)16(29)30/h6-9,12,21H,3-5,17H2,1-2H3,(H,18,26)(H,19,28)(H,20,27)(H,22,23)(H,24,25)(H,29,30). The monoisotopic (exact) mass is 434 g/mol. The fourth-order valence-corrected chi connectivity index (χ4v) is 2.07. The molecular weight excluding hydrogens is 408 g/mol. The molecule has 170 valence electrons. The predicted octanol–water partition coefficient (Wildman–Crippen LogP) is -3.55. The van der Waals surface area contributed by atoms with Gasteiger partial charge in [-0.1, -0.05) is 13.8 Å². The number of nitrogens with one attached hydrogen (secondary N) is 3. The van der Waals surface area contributed by atoms with E-state index >= 15 is 0 Å². The Kier molecular flexibility index (Phi) is 11.0. The molecule has 0 fully saturated rings. The number of carbonyl (C=O) groups is 6. The number of aliphatic hydroxyl groups excluding tert-OH is 1. The van der Waals surface area contributed by atoms with Crippen molar-refractivity contribution in [3.05, 3.63) is 0 Å². The molecule has 0 aliphatic carbocycles. The molecule has 3 amide bonds. The molecular formula is C16H26N4O10. The van der Waals surface area contributed by atoms with Gasteiger partial charge < -0.3 is 42.1 Å². The van der Waals surface area contributed by atoms with Gasteiger partial charge in [0.05, 0.1) is 25.5 Å². The van der Waals surface area contributed by atoms with Crippen LogP contribution in [0.5, 0.6) is 0 Å². The van der Waals surface area contributed by atoms with Gasteiger partial charge in [-0.2, -0.15) is 0 Å². The number of carboxylic acid groups (broad SMARTS) is 3. The van der Waals surface area contributed by atoms with Gasteiger partial charge in [-0.3, -0.25) is 24.0 Å². The number of hydrogen-bond donors (Lipinski definition) is 8. The molecule has 0 bridgehead atoms. The summed E-state index contributed by atoms with van der Waals surface area (Å²) in [7, 11) is 0. The van der Waals surface area contributed by atoms with Crippen LogP contribution in [0, 0.1) is 5.92 Å². The number of aliphatic carboxylic acids is 3. The Labute approximate surface area is 170 Å². The summed E-state index contributed by atoms with van der Waals surface area (Å²) in [4.78, 5) is 69.6. The highest BCUT2D eigenvalue weighted by Gasteiger charge is 2.32. The second-order valence-electron chi connectivity index (χ2n) is 6.67. The van der Waals surface area contributed by atoms with Crippen LogP contribution in [0.4, 0.5) is 0 Å². The minimum Gasteiger partial charge on any atom is -0.481 e. The quantitative estimate of drug-likeness (QED) is 0.141. The number of amides is 3. The zero-order chi connectivity index (χ0) is 23.6. The lowest BCUT2D eigenvalue weighted by Crippen LogP contribution is -2.58. The van der Waals surface area contributed by atoms with Gasteiger partial charge in [-0.05, 0) is 5.92 Å². The van der Waals surface area contributed by atoms with E-state index in [0.717, 1.165) is 0 Å². The lowest BCUT2D eigenvalue weighted by molar-refractivity contribution is -0.145. The van der Waals surface area contributed by atoms with Crippen LogP contribution in [0.25, 0.3) is 0 Å². The summed E-state index contributed by atoms with van der Waals surface area (Å²) in [6, 6.07) is -6.32. The van der Waals surface area contributed by atoms with Crippen LogP contribution < -0.4 is 21.7 Å². The number of hydrogen-bond acceptors (Lipinski definition) is 8. The molecule has 0 aliphatic heterocycles. The van der Waals surface area contributed by atoms with Crippen LogP contribution in [0.3, 0.4) is 0 Å². The molecule has 0 aromatic heterocycles. The molecule has 0 aromatic rings. The third-order valence-corrected chi connectivity index (χ3v) is 3.84. The van der Waals surface area contributed by atoms with Crippen molar-refractivity contribution in [1.82, 2.24) is 16.0 Å². The topological polar surface area (TPSA) is 245 Å². The predicted molar refractivity (Wildman–Crippen MR) is 97.8 cm³/mol. The first-order valence-electron chi connectivity index (χ1n) is 8.74. The van der Waals surface area contributed by atoms with Gasteiger partial charge in [0.1, 0.15) is 18.1 Å². The Morgan fingerprint density at radius 1 is 0.733 bits per heavy atom. The summed E-state index contributed by atoms with van der Waals surface area (Å²) in [6.45, 7) is 2.23. The van der Waals surface area contributed by atoms with Crippen LogP contribution in [0.1, 0.15) is 26.7 Å². The molecule has 0 spiro atoms. The third-order valence-electron chi connectivity index (χ3n) is 3.84. The van der Waals surface area contributed by atoms with Gasteiger partial charge in [0.25, 0.3) is 0 Å². The number of carbonyl (C=O) groups excluding carboxylic acids is 3. The van der Waals surface area contributed by atoms with Crippen molar-refractivity contribution in [2.75, 3.05) is 6.61 Å². The number of rotatable bonds is 13. The number of carboxylic acids is 3. The minimum atomic E-state index is -1.81. The molecule has 4 atom stereocenters. The highest BCUT2D eigenvalue weighted by molar-refractivity contribution is 5.96. The van der Waals surface area contributed by atoms with Crippen molar-refractivity contribution in [3.63, 3.8) is 0 Å². The average molecular weight is 434 g/mol. The fourth-order valence-electron chi connectivity index (χ4n) is 2.07. The summed E-state index contributed by atoms with van der Waals surface area (Å²) < 4.78 is 0. The van der Waals surface area contributed by atoms with Crippen molar-refractivity contribution in [2.45, 2.75) is 50.9 Å². The Balaban J connectivity index is 5.48. The Bertz CT molecular complexity index is 681. The van der Waals surface area contributed by atoms with E-state index in [9.17, 15) is 28.8 Å². The Hall–Kier alpha value is -3.26. The molecule has 0 saturated heterocycles. The highest BCUT2D eigenvalue weighted by Crippen LogP contribution is 2.03. The molecule has 0 saturated carbocycles. The smallest absolute Gasteiger partial charge is 0.328 e. The molecule has 14 heteroatoms. The second kappa shape index (κ2) is 12.3. The SMILES string of the molecule is CC(C)C(N)C(=O)NC(CC(=O)O)C(=O)NC(CC(=O)O)C(=O)NC(CO)C(=O)O. The molecule has 0 radical (unpaired) electrons. The second-order valence-corrected chi connectivity index (χ2v) is 6.67. The van der Waals surface area contributed by atoms with E-state index < -0.39 is 79.2 Å². The van der Waals surface area contributed by atoms with Crippen LogP contribution >= 0.6 is 0 Å². The molecule has 30 heavy (non-hydrogen) atoms. The van der Waals surface area contributed by atoms with Crippen LogP contribution in [0.15, 0.2) is 0 Å². The van der Waals surface area contributed by atoms with Crippen molar-refractivity contribution in [2.24, 2.45) is 11.7 Å². The van der Waals surface area contributed by atoms with Gasteiger partial charge >= 0.3 is 17.9 Å². The van der Waals surface area contributed by atoms with E-state index in [2.05, 4.69) is 5.32 Å². The van der Waals surface area contributed by atoms with Crippen molar-refractivity contribution in [3.8, 4) is 0 Å². The number of aliphatic hydroxyl groups is 1. The summed E-state index contributed by atoms with van der Waals surface area (Å²) in [5.74, 6) is -8.23. The first-order chi connectivity index (χ1) is 13.8. The van der Waals surface area contributed by atoms with E-state index in [1.54, 1.807) is 13.8 Å².